The number of carbonyl (C=O) groups is 1. The zero-order valence-electron chi connectivity index (χ0n) is 19.8. The SMILES string of the molecule is COc1ccc(Cl)cc1S(=O)(=O)N1CCOc2ccc(C(=O)O)cc21.Nc1ccc(-c2noc(=O)[nH]2)cc1. The zero-order chi connectivity index (χ0) is 27.4. The molecule has 0 bridgehead atoms. The quantitative estimate of drug-likeness (QED) is 0.307. The highest BCUT2D eigenvalue weighted by Crippen LogP contribution is 2.38. The van der Waals surface area contributed by atoms with E-state index in [1.165, 1.54) is 43.5 Å². The number of halogens is 1. The fourth-order valence-corrected chi connectivity index (χ4v) is 5.41. The van der Waals surface area contributed by atoms with Crippen LogP contribution in [0.15, 0.2) is 74.9 Å². The minimum atomic E-state index is -4.03. The van der Waals surface area contributed by atoms with Gasteiger partial charge in [0.05, 0.1) is 24.9 Å². The molecule has 38 heavy (non-hydrogen) atoms. The van der Waals surface area contributed by atoms with Crippen molar-refractivity contribution in [3.8, 4) is 22.9 Å². The highest BCUT2D eigenvalue weighted by atomic mass is 35.5. The van der Waals surface area contributed by atoms with Crippen LogP contribution in [-0.2, 0) is 10.0 Å². The third-order valence-corrected chi connectivity index (χ3v) is 7.41. The van der Waals surface area contributed by atoms with Gasteiger partial charge in [-0.05, 0) is 60.7 Å². The number of benzene rings is 3. The maximum absolute atomic E-state index is 13.1. The van der Waals surface area contributed by atoms with E-state index in [0.717, 1.165) is 9.87 Å². The molecule has 4 aromatic rings. The molecule has 0 radical (unpaired) electrons. The van der Waals surface area contributed by atoms with E-state index >= 15 is 0 Å². The summed E-state index contributed by atoms with van der Waals surface area (Å²) in [7, 11) is -2.67. The van der Waals surface area contributed by atoms with Gasteiger partial charge in [-0.1, -0.05) is 16.8 Å². The number of carboxylic acids is 1. The first kappa shape index (κ1) is 26.6. The monoisotopic (exact) mass is 560 g/mol. The van der Waals surface area contributed by atoms with E-state index in [2.05, 4.69) is 14.7 Å². The predicted octanol–water partition coefficient (Wildman–Crippen LogP) is 3.25. The van der Waals surface area contributed by atoms with Gasteiger partial charge in [0.2, 0.25) is 0 Å². The van der Waals surface area contributed by atoms with Gasteiger partial charge in [-0.2, -0.15) is 0 Å². The minimum absolute atomic E-state index is 0.0358. The van der Waals surface area contributed by atoms with Crippen LogP contribution in [0.25, 0.3) is 11.4 Å². The van der Waals surface area contributed by atoms with Gasteiger partial charge in [0.25, 0.3) is 10.0 Å². The number of rotatable bonds is 5. The van der Waals surface area contributed by atoms with Crippen molar-refractivity contribution < 1.29 is 32.3 Å². The van der Waals surface area contributed by atoms with Gasteiger partial charge >= 0.3 is 11.7 Å². The van der Waals surface area contributed by atoms with E-state index < -0.39 is 21.7 Å². The summed E-state index contributed by atoms with van der Waals surface area (Å²) in [6.07, 6.45) is 0. The lowest BCUT2D eigenvalue weighted by Gasteiger charge is -2.31. The van der Waals surface area contributed by atoms with Gasteiger partial charge < -0.3 is 20.3 Å². The summed E-state index contributed by atoms with van der Waals surface area (Å²) in [4.78, 5) is 24.2. The van der Waals surface area contributed by atoms with Crippen LogP contribution in [0.5, 0.6) is 11.5 Å². The summed E-state index contributed by atoms with van der Waals surface area (Å²) >= 11 is 5.94. The Morgan fingerprint density at radius 3 is 2.53 bits per heavy atom. The molecule has 0 unspecified atom stereocenters. The van der Waals surface area contributed by atoms with Crippen molar-refractivity contribution in [2.45, 2.75) is 4.90 Å². The molecule has 0 fully saturated rings. The molecule has 14 heteroatoms. The standard InChI is InChI=1S/C16H14ClNO6S.C8H7N3O2/c1-23-14-5-3-11(17)9-15(14)25(21,22)18-6-7-24-13-4-2-10(16(19)20)8-12(13)18;9-6-3-1-5(2-4-6)7-10-8(12)13-11-7/h2-5,8-9H,6-7H2,1H3,(H,19,20);1-4H,9H2,(H,10,11,12). The molecular formula is C24H21ClN4O8S. The molecule has 198 valence electrons. The lowest BCUT2D eigenvalue weighted by molar-refractivity contribution is 0.0696. The van der Waals surface area contributed by atoms with Crippen LogP contribution in [0.2, 0.25) is 5.02 Å². The molecule has 3 aromatic carbocycles. The molecule has 4 N–H and O–H groups in total. The summed E-state index contributed by atoms with van der Waals surface area (Å²) < 4.78 is 42.3. The first-order valence-electron chi connectivity index (χ1n) is 10.9. The molecule has 0 amide bonds. The number of nitrogens with one attached hydrogen (secondary N) is 1. The van der Waals surface area contributed by atoms with E-state index in [1.54, 1.807) is 24.3 Å². The van der Waals surface area contributed by atoms with Gasteiger partial charge in [0.15, 0.2) is 5.82 Å². The molecule has 5 rings (SSSR count). The number of aromatic nitrogens is 2. The first-order valence-corrected chi connectivity index (χ1v) is 12.7. The number of nitrogens with zero attached hydrogens (tertiary/aromatic N) is 2. The number of ether oxygens (including phenoxy) is 2. The van der Waals surface area contributed by atoms with Gasteiger partial charge in [-0.25, -0.2) is 18.0 Å². The van der Waals surface area contributed by atoms with Crippen molar-refractivity contribution in [2.24, 2.45) is 0 Å². The lowest BCUT2D eigenvalue weighted by Crippen LogP contribution is -2.38. The number of H-pyrrole nitrogens is 1. The maximum Gasteiger partial charge on any atom is 0.439 e. The first-order chi connectivity index (χ1) is 18.1. The van der Waals surface area contributed by atoms with Gasteiger partial charge in [-0.3, -0.25) is 13.8 Å². The molecule has 1 aliphatic heterocycles. The van der Waals surface area contributed by atoms with E-state index in [9.17, 15) is 18.0 Å². The molecule has 0 saturated carbocycles. The van der Waals surface area contributed by atoms with Crippen LogP contribution in [0.3, 0.4) is 0 Å². The number of carboxylic acid groups (broad SMARTS) is 1. The van der Waals surface area contributed by atoms with E-state index in [4.69, 9.17) is 31.9 Å². The smallest absolute Gasteiger partial charge is 0.439 e. The Hall–Kier alpha value is -4.49. The molecule has 0 saturated heterocycles. The summed E-state index contributed by atoms with van der Waals surface area (Å²) in [6, 6.07) is 15.3. The van der Waals surface area contributed by atoms with Gasteiger partial charge in [0, 0.05) is 16.3 Å². The Morgan fingerprint density at radius 2 is 1.89 bits per heavy atom. The van der Waals surface area contributed by atoms with E-state index in [-0.39, 0.29) is 40.1 Å². The Kier molecular flexibility index (Phi) is 7.60. The number of hydrogen-bond donors (Lipinski definition) is 3. The molecule has 2 heterocycles. The highest BCUT2D eigenvalue weighted by Gasteiger charge is 2.33. The number of hydrogen-bond acceptors (Lipinski definition) is 9. The van der Waals surface area contributed by atoms with Crippen molar-refractivity contribution in [3.05, 3.63) is 81.8 Å². The van der Waals surface area contributed by atoms with E-state index in [0.29, 0.717) is 17.3 Å². The number of aromatic carboxylic acids is 1. The number of nitrogen functional groups attached to an aromatic ring is 1. The Morgan fingerprint density at radius 1 is 1.16 bits per heavy atom. The summed E-state index contributed by atoms with van der Waals surface area (Å²) in [6.45, 7) is 0.176. The third kappa shape index (κ3) is 5.58. The third-order valence-electron chi connectivity index (χ3n) is 5.34. The van der Waals surface area contributed by atoms with Crippen molar-refractivity contribution in [2.75, 3.05) is 30.3 Å². The number of fused-ring (bicyclic) bond motifs is 1. The average Bonchev–Trinajstić information content (AvgIpc) is 3.34. The van der Waals surface area contributed by atoms with Crippen LogP contribution < -0.4 is 25.3 Å². The van der Waals surface area contributed by atoms with Crippen molar-refractivity contribution >= 4 is 39.0 Å². The molecular weight excluding hydrogens is 540 g/mol. The maximum atomic E-state index is 13.1. The average molecular weight is 561 g/mol. The van der Waals surface area contributed by atoms with Crippen LogP contribution in [0, 0.1) is 0 Å². The molecule has 1 aliphatic rings. The zero-order valence-corrected chi connectivity index (χ0v) is 21.3. The van der Waals surface area contributed by atoms with Crippen molar-refractivity contribution in [1.82, 2.24) is 10.1 Å². The number of aromatic amines is 1. The normalized spacial score (nSPS) is 12.5. The summed E-state index contributed by atoms with van der Waals surface area (Å²) in [5.74, 6) is -0.879. The Balaban J connectivity index is 0.000000216. The topological polar surface area (TPSA) is 178 Å². The van der Waals surface area contributed by atoms with Crippen LogP contribution in [0.1, 0.15) is 10.4 Å². The number of methoxy groups -OCH3 is 1. The van der Waals surface area contributed by atoms with Gasteiger partial charge in [-0.15, -0.1) is 0 Å². The second-order valence-electron chi connectivity index (χ2n) is 7.77. The van der Waals surface area contributed by atoms with Crippen LogP contribution in [0.4, 0.5) is 11.4 Å². The molecule has 0 atom stereocenters. The predicted molar refractivity (Wildman–Crippen MR) is 138 cm³/mol. The lowest BCUT2D eigenvalue weighted by atomic mass is 10.1. The molecule has 0 spiro atoms. The largest absolute Gasteiger partial charge is 0.495 e. The Labute approximate surface area is 221 Å². The molecule has 12 nitrogen and oxygen atoms in total. The number of nitrogens with two attached hydrogens (primary N) is 1. The van der Waals surface area contributed by atoms with Crippen molar-refractivity contribution in [3.63, 3.8) is 0 Å². The number of sulfonamides is 1. The van der Waals surface area contributed by atoms with Crippen molar-refractivity contribution in [1.29, 1.82) is 0 Å². The molecule has 1 aromatic heterocycles. The molecule has 0 aliphatic carbocycles. The summed E-state index contributed by atoms with van der Waals surface area (Å²) in [5.41, 5.74) is 7.04. The summed E-state index contributed by atoms with van der Waals surface area (Å²) in [5, 5.41) is 12.9. The van der Waals surface area contributed by atoms with Gasteiger partial charge in [0.1, 0.15) is 23.0 Å². The Bertz CT molecular complexity index is 1630. The minimum Gasteiger partial charge on any atom is -0.495 e. The van der Waals surface area contributed by atoms with Crippen LogP contribution >= 0.6 is 11.6 Å². The second kappa shape index (κ2) is 10.9. The fraction of sp³-hybridized carbons (Fsp3) is 0.125. The fourth-order valence-electron chi connectivity index (χ4n) is 3.54. The van der Waals surface area contributed by atoms with E-state index in [1.807, 2.05) is 0 Å². The highest BCUT2D eigenvalue weighted by molar-refractivity contribution is 7.93. The van der Waals surface area contributed by atoms with Crippen LogP contribution in [-0.4, -0.2) is 49.9 Å². The number of anilines is 2. The second-order valence-corrected chi connectivity index (χ2v) is 10.0.